The zero-order valence-electron chi connectivity index (χ0n) is 10.4. The van der Waals surface area contributed by atoms with Crippen molar-refractivity contribution in [3.8, 4) is 0 Å². The molecule has 0 amide bonds. The van der Waals surface area contributed by atoms with Crippen molar-refractivity contribution in [3.05, 3.63) is 35.4 Å². The summed E-state index contributed by atoms with van der Waals surface area (Å²) in [6.07, 6.45) is 1.90. The van der Waals surface area contributed by atoms with Crippen LogP contribution in [0.5, 0.6) is 0 Å². The van der Waals surface area contributed by atoms with E-state index in [0.29, 0.717) is 12.5 Å². The Labute approximate surface area is 103 Å². The summed E-state index contributed by atoms with van der Waals surface area (Å²) in [6.45, 7) is 4.47. The molecule has 0 aromatic heterocycles. The fourth-order valence-corrected chi connectivity index (χ4v) is 2.58. The maximum Gasteiger partial charge on any atom is 0.0909 e. The normalized spacial score (nSPS) is 23.6. The number of nitrogens with two attached hydrogens (primary N) is 1. The molecule has 2 atom stereocenters. The Bertz CT molecular complexity index is 370. The maximum atomic E-state index is 10.7. The van der Waals surface area contributed by atoms with Crippen LogP contribution in [-0.2, 0) is 12.0 Å². The Balaban J connectivity index is 2.22. The van der Waals surface area contributed by atoms with E-state index < -0.39 is 5.60 Å². The molecule has 1 aromatic rings. The zero-order chi connectivity index (χ0) is 12.3. The highest BCUT2D eigenvalue weighted by Crippen LogP contribution is 2.33. The van der Waals surface area contributed by atoms with E-state index in [2.05, 4.69) is 17.4 Å². The van der Waals surface area contributed by atoms with Gasteiger partial charge in [0, 0.05) is 12.5 Å². The van der Waals surface area contributed by atoms with Gasteiger partial charge in [-0.3, -0.25) is 0 Å². The molecule has 0 radical (unpaired) electrons. The molecule has 1 aromatic carbocycles. The summed E-state index contributed by atoms with van der Waals surface area (Å²) in [7, 11) is 0. The van der Waals surface area contributed by atoms with Gasteiger partial charge in [-0.1, -0.05) is 24.3 Å². The van der Waals surface area contributed by atoms with E-state index in [0.717, 1.165) is 31.5 Å². The van der Waals surface area contributed by atoms with Gasteiger partial charge in [-0.25, -0.2) is 0 Å². The van der Waals surface area contributed by atoms with Gasteiger partial charge in [0.25, 0.3) is 0 Å². The lowest BCUT2D eigenvalue weighted by Crippen LogP contribution is -2.33. The van der Waals surface area contributed by atoms with Crippen molar-refractivity contribution in [2.24, 2.45) is 11.7 Å². The summed E-state index contributed by atoms with van der Waals surface area (Å²) in [4.78, 5) is 0. The molecule has 2 unspecified atom stereocenters. The molecule has 4 N–H and O–H groups in total. The quantitative estimate of drug-likeness (QED) is 0.728. The third-order valence-electron chi connectivity index (χ3n) is 3.80. The second-order valence-corrected chi connectivity index (χ2v) is 5.08. The van der Waals surface area contributed by atoms with E-state index in [9.17, 15) is 5.11 Å². The summed E-state index contributed by atoms with van der Waals surface area (Å²) in [5.41, 5.74) is 7.04. The van der Waals surface area contributed by atoms with Gasteiger partial charge in [0.2, 0.25) is 0 Å². The molecule has 0 aliphatic carbocycles. The Kier molecular flexibility index (Phi) is 3.82. The third kappa shape index (κ3) is 2.68. The highest BCUT2D eigenvalue weighted by atomic mass is 16.3. The van der Waals surface area contributed by atoms with Crippen LogP contribution in [0.3, 0.4) is 0 Å². The van der Waals surface area contributed by atoms with E-state index in [1.54, 1.807) is 0 Å². The minimum Gasteiger partial charge on any atom is -0.385 e. The summed E-state index contributed by atoms with van der Waals surface area (Å²) < 4.78 is 0. The van der Waals surface area contributed by atoms with E-state index in [4.69, 9.17) is 5.73 Å². The zero-order valence-corrected chi connectivity index (χ0v) is 10.4. The fraction of sp³-hybridized carbons (Fsp3) is 0.571. The summed E-state index contributed by atoms with van der Waals surface area (Å²) in [5, 5.41) is 14.0. The largest absolute Gasteiger partial charge is 0.385 e. The molecule has 0 spiro atoms. The average Bonchev–Trinajstić information content (AvgIpc) is 2.84. The molecule has 3 nitrogen and oxygen atoms in total. The molecule has 0 saturated carbocycles. The fourth-order valence-electron chi connectivity index (χ4n) is 2.58. The average molecular weight is 234 g/mol. The van der Waals surface area contributed by atoms with Crippen LogP contribution in [0.15, 0.2) is 24.3 Å². The molecule has 0 bridgehead atoms. The standard InChI is InChI=1S/C14H22N2O/c1-14(17,13-6-8-16-10-13)12-4-2-3-11(9-12)5-7-15/h2-4,9,13,16-17H,5-8,10,15H2,1H3. The first-order chi connectivity index (χ1) is 8.14. The number of aliphatic hydroxyl groups is 1. The van der Waals surface area contributed by atoms with Crippen LogP contribution >= 0.6 is 0 Å². The van der Waals surface area contributed by atoms with Gasteiger partial charge in [0.05, 0.1) is 5.60 Å². The van der Waals surface area contributed by atoms with Crippen molar-refractivity contribution in [1.29, 1.82) is 0 Å². The van der Waals surface area contributed by atoms with Crippen LogP contribution < -0.4 is 11.1 Å². The molecule has 17 heavy (non-hydrogen) atoms. The van der Waals surface area contributed by atoms with Crippen molar-refractivity contribution >= 4 is 0 Å². The second-order valence-electron chi connectivity index (χ2n) is 5.08. The predicted octanol–water partition coefficient (Wildman–Crippen LogP) is 1.00. The molecule has 2 rings (SSSR count). The Hall–Kier alpha value is -0.900. The van der Waals surface area contributed by atoms with Crippen molar-refractivity contribution < 1.29 is 5.11 Å². The van der Waals surface area contributed by atoms with Crippen LogP contribution in [-0.4, -0.2) is 24.7 Å². The van der Waals surface area contributed by atoms with E-state index in [1.165, 1.54) is 5.56 Å². The van der Waals surface area contributed by atoms with Crippen molar-refractivity contribution in [2.75, 3.05) is 19.6 Å². The first-order valence-corrected chi connectivity index (χ1v) is 6.37. The van der Waals surface area contributed by atoms with Gasteiger partial charge in [-0.05, 0) is 44.0 Å². The highest BCUT2D eigenvalue weighted by Gasteiger charge is 2.35. The molecule has 94 valence electrons. The number of benzene rings is 1. The number of hydrogen-bond acceptors (Lipinski definition) is 3. The number of nitrogens with one attached hydrogen (secondary N) is 1. The van der Waals surface area contributed by atoms with Gasteiger partial charge in [-0.2, -0.15) is 0 Å². The number of rotatable bonds is 4. The van der Waals surface area contributed by atoms with Gasteiger partial charge < -0.3 is 16.2 Å². The summed E-state index contributed by atoms with van der Waals surface area (Å²) >= 11 is 0. The second kappa shape index (κ2) is 5.17. The summed E-state index contributed by atoms with van der Waals surface area (Å²) in [5.74, 6) is 0.302. The highest BCUT2D eigenvalue weighted by molar-refractivity contribution is 5.29. The Morgan fingerprint density at radius 2 is 2.35 bits per heavy atom. The van der Waals surface area contributed by atoms with Crippen molar-refractivity contribution in [3.63, 3.8) is 0 Å². The van der Waals surface area contributed by atoms with Gasteiger partial charge in [0.15, 0.2) is 0 Å². The van der Waals surface area contributed by atoms with Gasteiger partial charge >= 0.3 is 0 Å². The molecule has 1 fully saturated rings. The molecule has 1 heterocycles. The van der Waals surface area contributed by atoms with Crippen LogP contribution in [0.25, 0.3) is 0 Å². The molecule has 3 heteroatoms. The monoisotopic (exact) mass is 234 g/mol. The van der Waals surface area contributed by atoms with E-state index in [-0.39, 0.29) is 0 Å². The molecule has 1 saturated heterocycles. The summed E-state index contributed by atoms with van der Waals surface area (Å²) in [6, 6.07) is 8.18. The van der Waals surface area contributed by atoms with Gasteiger partial charge in [-0.15, -0.1) is 0 Å². The molecular weight excluding hydrogens is 212 g/mol. The van der Waals surface area contributed by atoms with E-state index in [1.807, 2.05) is 19.1 Å². The van der Waals surface area contributed by atoms with Crippen LogP contribution in [0.4, 0.5) is 0 Å². The van der Waals surface area contributed by atoms with Crippen molar-refractivity contribution in [1.82, 2.24) is 5.32 Å². The first-order valence-electron chi connectivity index (χ1n) is 6.37. The predicted molar refractivity (Wildman–Crippen MR) is 69.7 cm³/mol. The van der Waals surface area contributed by atoms with Crippen LogP contribution in [0.2, 0.25) is 0 Å². The SMILES string of the molecule is CC(O)(c1cccc(CCN)c1)C1CCNC1. The van der Waals surface area contributed by atoms with E-state index >= 15 is 0 Å². The topological polar surface area (TPSA) is 58.3 Å². The van der Waals surface area contributed by atoms with Crippen LogP contribution in [0, 0.1) is 5.92 Å². The minimum absolute atomic E-state index is 0.302. The van der Waals surface area contributed by atoms with Crippen LogP contribution in [0.1, 0.15) is 24.5 Å². The Morgan fingerprint density at radius 1 is 1.53 bits per heavy atom. The smallest absolute Gasteiger partial charge is 0.0909 e. The third-order valence-corrected chi connectivity index (χ3v) is 3.80. The lowest BCUT2D eigenvalue weighted by atomic mass is 9.81. The molecule has 1 aliphatic heterocycles. The lowest BCUT2D eigenvalue weighted by molar-refractivity contribution is 0.00210. The Morgan fingerprint density at radius 3 is 3.00 bits per heavy atom. The molecule has 1 aliphatic rings. The lowest BCUT2D eigenvalue weighted by Gasteiger charge is -2.30. The first kappa shape index (κ1) is 12.6. The maximum absolute atomic E-state index is 10.7. The minimum atomic E-state index is -0.742. The van der Waals surface area contributed by atoms with Gasteiger partial charge in [0.1, 0.15) is 0 Å². The van der Waals surface area contributed by atoms with Crippen molar-refractivity contribution in [2.45, 2.75) is 25.4 Å². The molecular formula is C14H22N2O. The number of hydrogen-bond donors (Lipinski definition) is 3.